The zero-order valence-electron chi connectivity index (χ0n) is 12.3. The average molecular weight is 295 g/mol. The van der Waals surface area contributed by atoms with Crippen LogP contribution in [0.15, 0.2) is 18.2 Å². The molecule has 1 unspecified atom stereocenters. The lowest BCUT2D eigenvalue weighted by molar-refractivity contribution is -0.137. The lowest BCUT2D eigenvalue weighted by atomic mass is 10.0. The van der Waals surface area contributed by atoms with E-state index in [0.717, 1.165) is 0 Å². The van der Waals surface area contributed by atoms with Crippen molar-refractivity contribution in [2.45, 2.75) is 26.2 Å². The highest BCUT2D eigenvalue weighted by molar-refractivity contribution is 5.96. The maximum absolute atomic E-state index is 11.9. The van der Waals surface area contributed by atoms with Crippen LogP contribution in [-0.2, 0) is 4.79 Å². The smallest absolute Gasteiger partial charge is 0.303 e. The lowest BCUT2D eigenvalue weighted by Crippen LogP contribution is -2.25. The van der Waals surface area contributed by atoms with Crippen LogP contribution < -0.4 is 10.1 Å². The van der Waals surface area contributed by atoms with E-state index in [-0.39, 0.29) is 29.6 Å². The second-order valence-electron chi connectivity index (χ2n) is 4.97. The third-order valence-electron chi connectivity index (χ3n) is 3.22. The summed E-state index contributed by atoms with van der Waals surface area (Å²) in [6.45, 7) is 2.38. The van der Waals surface area contributed by atoms with Crippen LogP contribution in [0.4, 0.5) is 0 Å². The fourth-order valence-corrected chi connectivity index (χ4v) is 1.87. The summed E-state index contributed by atoms with van der Waals surface area (Å²) in [5.74, 6) is -0.613. The molecule has 21 heavy (non-hydrogen) atoms. The second-order valence-corrected chi connectivity index (χ2v) is 4.97. The highest BCUT2D eigenvalue weighted by Gasteiger charge is 2.12. The lowest BCUT2D eigenvalue weighted by Gasteiger charge is -2.11. The van der Waals surface area contributed by atoms with E-state index in [1.165, 1.54) is 19.2 Å². The Balaban J connectivity index is 2.42. The first-order valence-electron chi connectivity index (χ1n) is 6.81. The molecular weight excluding hydrogens is 274 g/mol. The Morgan fingerprint density at radius 2 is 2.05 bits per heavy atom. The van der Waals surface area contributed by atoms with Crippen molar-refractivity contribution in [2.24, 2.45) is 5.92 Å². The summed E-state index contributed by atoms with van der Waals surface area (Å²) < 4.78 is 4.95. The van der Waals surface area contributed by atoms with Crippen LogP contribution in [0.25, 0.3) is 0 Å². The van der Waals surface area contributed by atoms with Gasteiger partial charge in [-0.2, -0.15) is 0 Å². The van der Waals surface area contributed by atoms with Crippen LogP contribution in [-0.4, -0.2) is 35.7 Å². The first-order valence-corrected chi connectivity index (χ1v) is 6.81. The number of hydrogen-bond acceptors (Lipinski definition) is 4. The van der Waals surface area contributed by atoms with Crippen LogP contribution in [0.5, 0.6) is 11.5 Å². The number of carbonyl (C=O) groups excluding carboxylic acids is 1. The fraction of sp³-hybridized carbons (Fsp3) is 0.467. The normalized spacial score (nSPS) is 11.7. The number of methoxy groups -OCH3 is 1. The van der Waals surface area contributed by atoms with E-state index in [9.17, 15) is 14.7 Å². The molecule has 1 aromatic rings. The molecule has 116 valence electrons. The summed E-state index contributed by atoms with van der Waals surface area (Å²) in [4.78, 5) is 22.4. The van der Waals surface area contributed by atoms with Gasteiger partial charge in [0.2, 0.25) is 0 Å². The molecule has 0 fully saturated rings. The van der Waals surface area contributed by atoms with Gasteiger partial charge in [0.1, 0.15) is 11.5 Å². The molecule has 1 aromatic carbocycles. The molecule has 6 heteroatoms. The molecule has 0 aliphatic carbocycles. The number of aliphatic carboxylic acids is 1. The molecule has 0 aromatic heterocycles. The Hall–Kier alpha value is -2.24. The summed E-state index contributed by atoms with van der Waals surface area (Å²) in [5, 5.41) is 21.0. The zero-order chi connectivity index (χ0) is 15.8. The fourth-order valence-electron chi connectivity index (χ4n) is 1.87. The van der Waals surface area contributed by atoms with Crippen molar-refractivity contribution >= 4 is 11.9 Å². The minimum Gasteiger partial charge on any atom is -0.507 e. The van der Waals surface area contributed by atoms with Crippen molar-refractivity contribution in [2.75, 3.05) is 13.7 Å². The Labute approximate surface area is 123 Å². The van der Waals surface area contributed by atoms with Crippen LogP contribution >= 0.6 is 0 Å². The Bertz CT molecular complexity index is 501. The summed E-state index contributed by atoms with van der Waals surface area (Å²) in [5.41, 5.74) is 0.189. The molecule has 0 radical (unpaired) electrons. The molecule has 1 amide bonds. The Morgan fingerprint density at radius 1 is 1.33 bits per heavy atom. The predicted molar refractivity (Wildman–Crippen MR) is 77.6 cm³/mol. The highest BCUT2D eigenvalue weighted by Crippen LogP contribution is 2.23. The van der Waals surface area contributed by atoms with Crippen molar-refractivity contribution in [3.05, 3.63) is 23.8 Å². The number of aromatic hydroxyl groups is 1. The van der Waals surface area contributed by atoms with Gasteiger partial charge < -0.3 is 20.3 Å². The van der Waals surface area contributed by atoms with Gasteiger partial charge in [0.15, 0.2) is 0 Å². The zero-order valence-corrected chi connectivity index (χ0v) is 12.3. The molecule has 3 N–H and O–H groups in total. The maximum atomic E-state index is 11.9. The number of rotatable bonds is 8. The van der Waals surface area contributed by atoms with Crippen LogP contribution in [0, 0.1) is 5.92 Å². The van der Waals surface area contributed by atoms with Gasteiger partial charge in [-0.3, -0.25) is 9.59 Å². The van der Waals surface area contributed by atoms with Crippen LogP contribution in [0.2, 0.25) is 0 Å². The monoisotopic (exact) mass is 295 g/mol. The van der Waals surface area contributed by atoms with Gasteiger partial charge in [-0.05, 0) is 30.9 Å². The summed E-state index contributed by atoms with van der Waals surface area (Å²) >= 11 is 0. The van der Waals surface area contributed by atoms with Gasteiger partial charge >= 0.3 is 5.97 Å². The van der Waals surface area contributed by atoms with Gasteiger partial charge in [-0.25, -0.2) is 0 Å². The molecule has 0 saturated heterocycles. The standard InChI is InChI=1S/C15H21NO5/c1-10(3-6-14(18)19)7-8-16-15(20)12-5-4-11(21-2)9-13(12)17/h4-5,9-10,17H,3,6-8H2,1-2H3,(H,16,20)(H,18,19). The van der Waals surface area contributed by atoms with Crippen LogP contribution in [0.1, 0.15) is 36.5 Å². The highest BCUT2D eigenvalue weighted by atomic mass is 16.5. The Kier molecular flexibility index (Phi) is 6.52. The van der Waals surface area contributed by atoms with E-state index in [1.54, 1.807) is 6.07 Å². The van der Waals surface area contributed by atoms with E-state index in [1.807, 2.05) is 6.92 Å². The van der Waals surface area contributed by atoms with Gasteiger partial charge in [0, 0.05) is 19.0 Å². The number of amides is 1. The van der Waals surface area contributed by atoms with Crippen molar-refractivity contribution in [1.29, 1.82) is 0 Å². The average Bonchev–Trinajstić information content (AvgIpc) is 2.44. The quantitative estimate of drug-likeness (QED) is 0.682. The van der Waals surface area contributed by atoms with Gasteiger partial charge in [0.25, 0.3) is 5.91 Å². The molecule has 0 heterocycles. The first kappa shape index (κ1) is 16.8. The third-order valence-corrected chi connectivity index (χ3v) is 3.22. The van der Waals surface area contributed by atoms with Crippen molar-refractivity contribution in [1.82, 2.24) is 5.32 Å². The van der Waals surface area contributed by atoms with E-state index in [0.29, 0.717) is 25.1 Å². The molecule has 0 aliphatic rings. The maximum Gasteiger partial charge on any atom is 0.303 e. The number of nitrogens with one attached hydrogen (secondary N) is 1. The van der Waals surface area contributed by atoms with E-state index in [4.69, 9.17) is 9.84 Å². The summed E-state index contributed by atoms with van der Waals surface area (Å²) in [6, 6.07) is 4.48. The number of benzene rings is 1. The van der Waals surface area contributed by atoms with Crippen molar-refractivity contribution in [3.8, 4) is 11.5 Å². The third kappa shape index (κ3) is 5.72. The number of phenolic OH excluding ortho intramolecular Hbond substituents is 1. The molecule has 0 aliphatic heterocycles. The molecule has 6 nitrogen and oxygen atoms in total. The predicted octanol–water partition coefficient (Wildman–Crippen LogP) is 2.02. The van der Waals surface area contributed by atoms with Gasteiger partial charge in [0.05, 0.1) is 12.7 Å². The van der Waals surface area contributed by atoms with Crippen molar-refractivity contribution < 1.29 is 24.5 Å². The van der Waals surface area contributed by atoms with E-state index < -0.39 is 5.97 Å². The molecule has 0 bridgehead atoms. The molecule has 1 atom stereocenters. The number of ether oxygens (including phenoxy) is 1. The molecule has 0 saturated carbocycles. The second kappa shape index (κ2) is 8.14. The molecule has 1 rings (SSSR count). The topological polar surface area (TPSA) is 95.9 Å². The number of carboxylic acid groups (broad SMARTS) is 1. The number of hydrogen-bond donors (Lipinski definition) is 3. The van der Waals surface area contributed by atoms with E-state index >= 15 is 0 Å². The minimum atomic E-state index is -0.811. The first-order chi connectivity index (χ1) is 9.93. The van der Waals surface area contributed by atoms with Crippen LogP contribution in [0.3, 0.4) is 0 Å². The Morgan fingerprint density at radius 3 is 2.62 bits per heavy atom. The number of carboxylic acids is 1. The summed E-state index contributed by atoms with van der Waals surface area (Å²) in [7, 11) is 1.48. The SMILES string of the molecule is COc1ccc(C(=O)NCCC(C)CCC(=O)O)c(O)c1. The number of carbonyl (C=O) groups is 2. The molecular formula is C15H21NO5. The van der Waals surface area contributed by atoms with E-state index in [2.05, 4.69) is 5.32 Å². The number of phenols is 1. The van der Waals surface area contributed by atoms with Crippen molar-refractivity contribution in [3.63, 3.8) is 0 Å². The van der Waals surface area contributed by atoms with Gasteiger partial charge in [-0.15, -0.1) is 0 Å². The summed E-state index contributed by atoms with van der Waals surface area (Å²) in [6.07, 6.45) is 1.41. The molecule has 0 spiro atoms. The minimum absolute atomic E-state index is 0.133. The largest absolute Gasteiger partial charge is 0.507 e. The van der Waals surface area contributed by atoms with Gasteiger partial charge in [-0.1, -0.05) is 6.92 Å².